The van der Waals surface area contributed by atoms with Crippen LogP contribution in [0.25, 0.3) is 10.2 Å². The topological polar surface area (TPSA) is 109 Å². The number of nitrogens with one attached hydrogen (secondary N) is 3. The highest BCUT2D eigenvalue weighted by atomic mass is 32.1. The van der Waals surface area contributed by atoms with Crippen molar-refractivity contribution in [1.29, 1.82) is 0 Å². The third kappa shape index (κ3) is 7.86. The molecule has 3 rings (SSSR count). The number of carbonyl (C=O) groups is 3. The van der Waals surface area contributed by atoms with E-state index in [0.29, 0.717) is 32.5 Å². The Bertz CT molecular complexity index is 1030. The lowest BCUT2D eigenvalue weighted by Gasteiger charge is -2.32. The molecule has 190 valence electrons. The van der Waals surface area contributed by atoms with Gasteiger partial charge in [0.1, 0.15) is 6.04 Å². The van der Waals surface area contributed by atoms with Crippen molar-refractivity contribution >= 4 is 39.3 Å². The van der Waals surface area contributed by atoms with Gasteiger partial charge in [-0.25, -0.2) is 4.98 Å². The second-order valence-corrected chi connectivity index (χ2v) is 9.97. The summed E-state index contributed by atoms with van der Waals surface area (Å²) in [6.07, 6.45) is 5.09. The van der Waals surface area contributed by atoms with Crippen LogP contribution in [0.1, 0.15) is 50.1 Å². The molecule has 1 aromatic carbocycles. The molecule has 1 saturated heterocycles. The van der Waals surface area contributed by atoms with Gasteiger partial charge in [-0.2, -0.15) is 0 Å². The maximum atomic E-state index is 13.5. The Morgan fingerprint density at radius 3 is 2.69 bits per heavy atom. The molecule has 2 heterocycles. The summed E-state index contributed by atoms with van der Waals surface area (Å²) in [4.78, 5) is 42.4. The number of nitrogens with zero attached hydrogens (tertiary/aromatic N) is 1. The second-order valence-electron chi connectivity index (χ2n) is 8.85. The first-order valence-corrected chi connectivity index (χ1v) is 13.2. The number of benzene rings is 1. The van der Waals surface area contributed by atoms with Crippen molar-refractivity contribution in [2.24, 2.45) is 5.92 Å². The molecule has 0 unspecified atom stereocenters. The average molecular weight is 501 g/mol. The summed E-state index contributed by atoms with van der Waals surface area (Å²) >= 11 is 1.55. The number of rotatable bonds is 12. The van der Waals surface area contributed by atoms with E-state index in [9.17, 15) is 14.4 Å². The normalized spacial score (nSPS) is 15.8. The van der Waals surface area contributed by atoms with Crippen LogP contribution in [0.4, 0.5) is 0 Å². The zero-order valence-corrected chi connectivity index (χ0v) is 21.4. The Morgan fingerprint density at radius 1 is 1.23 bits per heavy atom. The number of ether oxygens (including phenoxy) is 1. The van der Waals surface area contributed by atoms with Crippen molar-refractivity contribution in [3.63, 3.8) is 0 Å². The number of aryl methyl sites for hydroxylation is 1. The number of hydrogen-bond acceptors (Lipinski definition) is 6. The van der Waals surface area contributed by atoms with Gasteiger partial charge in [0.2, 0.25) is 17.7 Å². The SMILES string of the molecule is C=CC(=O)NC[C@@H](NC(=O)[C@H](Cc1nc2ccc(CC)cc2s1)NC(=O)CCC)C1CCOCC1. The first-order valence-electron chi connectivity index (χ1n) is 12.4. The van der Waals surface area contributed by atoms with Crippen molar-refractivity contribution in [3.05, 3.63) is 41.4 Å². The Balaban J connectivity index is 1.78. The summed E-state index contributed by atoms with van der Waals surface area (Å²) in [5, 5.41) is 9.61. The van der Waals surface area contributed by atoms with Crippen molar-refractivity contribution < 1.29 is 19.1 Å². The molecule has 2 atom stereocenters. The zero-order valence-electron chi connectivity index (χ0n) is 20.6. The predicted octanol–water partition coefficient (Wildman–Crippen LogP) is 2.90. The van der Waals surface area contributed by atoms with Crippen LogP contribution in [0.15, 0.2) is 30.9 Å². The van der Waals surface area contributed by atoms with Gasteiger partial charge in [-0.3, -0.25) is 14.4 Å². The standard InChI is InChI=1S/C26H36N4O4S/c1-4-7-24(32)28-20(15-25-29-19-9-8-17(5-2)14-22(19)35-25)26(33)30-21(16-27-23(31)6-3)18-10-12-34-13-11-18/h6,8-9,14,18,20-21H,3-5,7,10-13,15-16H2,1-2H3,(H,27,31)(H,28,32)(H,30,33)/t20-,21+/m0/s1. The van der Waals surface area contributed by atoms with E-state index in [0.717, 1.165) is 34.5 Å². The Labute approximate surface area is 210 Å². The summed E-state index contributed by atoms with van der Waals surface area (Å²) in [6, 6.07) is 5.17. The molecule has 0 saturated carbocycles. The fourth-order valence-corrected chi connectivity index (χ4v) is 5.30. The van der Waals surface area contributed by atoms with Gasteiger partial charge in [0.15, 0.2) is 0 Å². The highest BCUT2D eigenvalue weighted by molar-refractivity contribution is 7.18. The monoisotopic (exact) mass is 500 g/mol. The van der Waals surface area contributed by atoms with Crippen LogP contribution in [-0.2, 0) is 32.0 Å². The molecule has 1 aliphatic heterocycles. The number of aromatic nitrogens is 1. The number of carbonyl (C=O) groups excluding carboxylic acids is 3. The minimum absolute atomic E-state index is 0.162. The highest BCUT2D eigenvalue weighted by Crippen LogP contribution is 2.25. The number of thiazole rings is 1. The van der Waals surface area contributed by atoms with E-state index in [2.05, 4.69) is 41.6 Å². The van der Waals surface area contributed by atoms with Gasteiger partial charge in [-0.05, 0) is 55.4 Å². The molecule has 1 aromatic heterocycles. The first-order chi connectivity index (χ1) is 16.9. The van der Waals surface area contributed by atoms with Gasteiger partial charge in [0.25, 0.3) is 0 Å². The van der Waals surface area contributed by atoms with Crippen molar-refractivity contribution in [3.8, 4) is 0 Å². The molecular weight excluding hydrogens is 464 g/mol. The minimum Gasteiger partial charge on any atom is -0.381 e. The van der Waals surface area contributed by atoms with E-state index in [1.54, 1.807) is 11.3 Å². The van der Waals surface area contributed by atoms with Crippen LogP contribution in [0.3, 0.4) is 0 Å². The second kappa shape index (κ2) is 13.3. The Morgan fingerprint density at radius 2 is 2.00 bits per heavy atom. The summed E-state index contributed by atoms with van der Waals surface area (Å²) in [5.41, 5.74) is 2.13. The van der Waals surface area contributed by atoms with Crippen LogP contribution >= 0.6 is 11.3 Å². The average Bonchev–Trinajstić information content (AvgIpc) is 3.27. The quantitative estimate of drug-likeness (QED) is 0.388. The third-order valence-corrected chi connectivity index (χ3v) is 7.30. The molecule has 0 spiro atoms. The lowest BCUT2D eigenvalue weighted by molar-refractivity contribution is -0.130. The van der Waals surface area contributed by atoms with Gasteiger partial charge >= 0.3 is 0 Å². The number of amides is 3. The molecule has 0 radical (unpaired) electrons. The van der Waals surface area contributed by atoms with Gasteiger partial charge in [-0.15, -0.1) is 11.3 Å². The highest BCUT2D eigenvalue weighted by Gasteiger charge is 2.30. The molecule has 8 nitrogen and oxygen atoms in total. The molecule has 0 aliphatic carbocycles. The summed E-state index contributed by atoms with van der Waals surface area (Å²) in [7, 11) is 0. The molecule has 0 bridgehead atoms. The molecule has 3 N–H and O–H groups in total. The van der Waals surface area contributed by atoms with Gasteiger partial charge < -0.3 is 20.7 Å². The largest absolute Gasteiger partial charge is 0.381 e. The lowest BCUT2D eigenvalue weighted by atomic mass is 9.91. The first kappa shape index (κ1) is 26.8. The molecular formula is C26H36N4O4S. The number of hydrogen-bond donors (Lipinski definition) is 3. The van der Waals surface area contributed by atoms with E-state index < -0.39 is 6.04 Å². The van der Waals surface area contributed by atoms with Crippen molar-refractivity contribution in [2.75, 3.05) is 19.8 Å². The third-order valence-electron chi connectivity index (χ3n) is 6.26. The summed E-state index contributed by atoms with van der Waals surface area (Å²) in [5.74, 6) is -0.554. The van der Waals surface area contributed by atoms with E-state index in [1.807, 2.05) is 13.0 Å². The van der Waals surface area contributed by atoms with E-state index in [-0.39, 0.29) is 36.2 Å². The van der Waals surface area contributed by atoms with E-state index >= 15 is 0 Å². The molecule has 9 heteroatoms. The zero-order chi connectivity index (χ0) is 25.2. The smallest absolute Gasteiger partial charge is 0.243 e. The summed E-state index contributed by atoms with van der Waals surface area (Å²) < 4.78 is 6.55. The minimum atomic E-state index is -0.752. The fraction of sp³-hybridized carbons (Fsp3) is 0.538. The molecule has 2 aromatic rings. The van der Waals surface area contributed by atoms with Crippen LogP contribution in [0.5, 0.6) is 0 Å². The van der Waals surface area contributed by atoms with Gasteiger partial charge in [0.05, 0.1) is 15.2 Å². The van der Waals surface area contributed by atoms with Crippen LogP contribution in [0, 0.1) is 5.92 Å². The lowest BCUT2D eigenvalue weighted by Crippen LogP contribution is -2.55. The fourth-order valence-electron chi connectivity index (χ4n) is 4.22. The number of fused-ring (bicyclic) bond motifs is 1. The maximum absolute atomic E-state index is 13.5. The van der Waals surface area contributed by atoms with Crippen LogP contribution < -0.4 is 16.0 Å². The van der Waals surface area contributed by atoms with Crippen LogP contribution in [0.2, 0.25) is 0 Å². The van der Waals surface area contributed by atoms with Crippen molar-refractivity contribution in [2.45, 2.75) is 64.5 Å². The van der Waals surface area contributed by atoms with Crippen LogP contribution in [-0.4, -0.2) is 54.5 Å². The summed E-state index contributed by atoms with van der Waals surface area (Å²) in [6.45, 7) is 9.06. The van der Waals surface area contributed by atoms with Crippen molar-refractivity contribution in [1.82, 2.24) is 20.9 Å². The van der Waals surface area contributed by atoms with E-state index in [4.69, 9.17) is 9.72 Å². The predicted molar refractivity (Wildman–Crippen MR) is 138 cm³/mol. The Kier molecular flexibility index (Phi) is 10.2. The maximum Gasteiger partial charge on any atom is 0.243 e. The molecule has 1 aliphatic rings. The molecule has 3 amide bonds. The van der Waals surface area contributed by atoms with Gasteiger partial charge in [0, 0.05) is 38.6 Å². The van der Waals surface area contributed by atoms with Gasteiger partial charge in [-0.1, -0.05) is 26.5 Å². The Hall–Kier alpha value is -2.78. The molecule has 1 fully saturated rings. The van der Waals surface area contributed by atoms with E-state index in [1.165, 1.54) is 11.6 Å². The molecule has 35 heavy (non-hydrogen) atoms.